The Morgan fingerprint density at radius 3 is 2.57 bits per heavy atom. The van der Waals surface area contributed by atoms with Gasteiger partial charge in [0.15, 0.2) is 9.60 Å². The third-order valence-electron chi connectivity index (χ3n) is 5.91. The van der Waals surface area contributed by atoms with Gasteiger partial charge in [0, 0.05) is 19.6 Å². The number of piperidine rings is 1. The van der Waals surface area contributed by atoms with Crippen molar-refractivity contribution in [1.82, 2.24) is 19.0 Å². The van der Waals surface area contributed by atoms with E-state index in [-0.39, 0.29) is 18.0 Å². The first kappa shape index (κ1) is 20.9. The first-order valence-corrected chi connectivity index (χ1v) is 11.6. The summed E-state index contributed by atoms with van der Waals surface area (Å²) in [4.78, 5) is 32.4. The van der Waals surface area contributed by atoms with Crippen molar-refractivity contribution in [3.63, 3.8) is 0 Å². The number of carbonyl (C=O) groups excluding carboxylic acids is 1. The van der Waals surface area contributed by atoms with Crippen LogP contribution in [-0.4, -0.2) is 38.0 Å². The maximum Gasteiger partial charge on any atom is 0.273 e. The normalized spacial score (nSPS) is 15.1. The molecule has 1 saturated heterocycles. The summed E-state index contributed by atoms with van der Waals surface area (Å²) in [6, 6.07) is 10.5. The van der Waals surface area contributed by atoms with E-state index in [2.05, 4.69) is 29.2 Å². The first-order valence-electron chi connectivity index (χ1n) is 10.4. The van der Waals surface area contributed by atoms with Crippen molar-refractivity contribution in [3.8, 4) is 0 Å². The number of rotatable bonds is 5. The molecule has 1 aromatic carbocycles. The SMILES string of the molecule is CCn1c(=S)sc2c(=O)n(CC(=O)N3CCC(Cc4ccccc4)CC3)c(C)nc21. The van der Waals surface area contributed by atoms with E-state index in [1.165, 1.54) is 21.5 Å². The quantitative estimate of drug-likeness (QED) is 0.564. The van der Waals surface area contributed by atoms with Crippen molar-refractivity contribution in [3.05, 3.63) is 56.0 Å². The summed E-state index contributed by atoms with van der Waals surface area (Å²) in [5.41, 5.74) is 1.80. The Bertz CT molecular complexity index is 1170. The van der Waals surface area contributed by atoms with Gasteiger partial charge >= 0.3 is 0 Å². The molecule has 0 atom stereocenters. The van der Waals surface area contributed by atoms with Crippen LogP contribution in [0.3, 0.4) is 0 Å². The molecule has 4 rings (SSSR count). The molecule has 0 aliphatic carbocycles. The fourth-order valence-corrected chi connectivity index (χ4v) is 5.58. The zero-order valence-corrected chi connectivity index (χ0v) is 19.0. The monoisotopic (exact) mass is 442 g/mol. The number of amides is 1. The van der Waals surface area contributed by atoms with Gasteiger partial charge in [0.1, 0.15) is 17.1 Å². The van der Waals surface area contributed by atoms with Gasteiger partial charge in [-0.1, -0.05) is 41.7 Å². The molecule has 3 heterocycles. The third kappa shape index (κ3) is 4.11. The lowest BCUT2D eigenvalue weighted by molar-refractivity contribution is -0.133. The number of hydrogen-bond acceptors (Lipinski definition) is 5. The van der Waals surface area contributed by atoms with E-state index in [4.69, 9.17) is 12.2 Å². The zero-order valence-electron chi connectivity index (χ0n) is 17.3. The number of nitrogens with zero attached hydrogens (tertiary/aromatic N) is 4. The van der Waals surface area contributed by atoms with Gasteiger partial charge < -0.3 is 9.47 Å². The molecular formula is C22H26N4O2S2. The Morgan fingerprint density at radius 1 is 1.20 bits per heavy atom. The minimum absolute atomic E-state index is 0.0157. The molecule has 0 spiro atoms. The van der Waals surface area contributed by atoms with Crippen LogP contribution in [-0.2, 0) is 24.3 Å². The predicted molar refractivity (Wildman–Crippen MR) is 123 cm³/mol. The summed E-state index contributed by atoms with van der Waals surface area (Å²) in [5.74, 6) is 1.13. The molecule has 0 unspecified atom stereocenters. The van der Waals surface area contributed by atoms with Crippen molar-refractivity contribution in [2.24, 2.45) is 5.92 Å². The van der Waals surface area contributed by atoms with Crippen LogP contribution in [0.25, 0.3) is 10.3 Å². The molecule has 0 saturated carbocycles. The molecular weight excluding hydrogens is 416 g/mol. The number of carbonyl (C=O) groups is 1. The largest absolute Gasteiger partial charge is 0.341 e. The minimum atomic E-state index is -0.173. The molecule has 158 valence electrons. The summed E-state index contributed by atoms with van der Waals surface area (Å²) < 4.78 is 4.53. The Labute approximate surface area is 184 Å². The second kappa shape index (κ2) is 8.81. The van der Waals surface area contributed by atoms with Crippen LogP contribution in [0.4, 0.5) is 0 Å². The highest BCUT2D eigenvalue weighted by atomic mass is 32.1. The second-order valence-corrected chi connectivity index (χ2v) is 9.47. The number of hydrogen-bond donors (Lipinski definition) is 0. The number of aryl methyl sites for hydroxylation is 2. The van der Waals surface area contributed by atoms with E-state index >= 15 is 0 Å². The van der Waals surface area contributed by atoms with Crippen molar-refractivity contribution in [2.75, 3.05) is 13.1 Å². The Morgan fingerprint density at radius 2 is 1.90 bits per heavy atom. The van der Waals surface area contributed by atoms with Gasteiger partial charge in [-0.25, -0.2) is 4.98 Å². The van der Waals surface area contributed by atoms with Gasteiger partial charge in [-0.05, 0) is 56.8 Å². The molecule has 1 aliphatic rings. The summed E-state index contributed by atoms with van der Waals surface area (Å²) in [6.45, 7) is 5.95. The lowest BCUT2D eigenvalue weighted by Crippen LogP contribution is -2.42. The van der Waals surface area contributed by atoms with Gasteiger partial charge in [0.05, 0.1) is 0 Å². The fraction of sp³-hybridized carbons (Fsp3) is 0.455. The topological polar surface area (TPSA) is 60.1 Å². The maximum absolute atomic E-state index is 13.0. The summed E-state index contributed by atoms with van der Waals surface area (Å²) in [5, 5.41) is 0. The third-order valence-corrected chi connectivity index (χ3v) is 7.34. The lowest BCUT2D eigenvalue weighted by atomic mass is 9.90. The molecule has 0 bridgehead atoms. The predicted octanol–water partition coefficient (Wildman–Crippen LogP) is 3.80. The number of aromatic nitrogens is 3. The second-order valence-electron chi connectivity index (χ2n) is 7.83. The Kier molecular flexibility index (Phi) is 6.15. The maximum atomic E-state index is 13.0. The molecule has 2 aromatic heterocycles. The highest BCUT2D eigenvalue weighted by Gasteiger charge is 2.24. The molecule has 8 heteroatoms. The van der Waals surface area contributed by atoms with E-state index < -0.39 is 0 Å². The molecule has 6 nitrogen and oxygen atoms in total. The lowest BCUT2D eigenvalue weighted by Gasteiger charge is -2.32. The van der Waals surface area contributed by atoms with Gasteiger partial charge in [-0.2, -0.15) is 0 Å². The first-order chi connectivity index (χ1) is 14.5. The average Bonchev–Trinajstić information content (AvgIpc) is 3.07. The zero-order chi connectivity index (χ0) is 21.3. The van der Waals surface area contributed by atoms with Crippen LogP contribution in [0.2, 0.25) is 0 Å². The van der Waals surface area contributed by atoms with E-state index in [9.17, 15) is 9.59 Å². The molecule has 0 N–H and O–H groups in total. The minimum Gasteiger partial charge on any atom is -0.341 e. The van der Waals surface area contributed by atoms with Crippen LogP contribution >= 0.6 is 23.6 Å². The van der Waals surface area contributed by atoms with Crippen molar-refractivity contribution in [2.45, 2.75) is 46.2 Å². The van der Waals surface area contributed by atoms with Gasteiger partial charge in [-0.3, -0.25) is 14.2 Å². The van der Waals surface area contributed by atoms with Crippen molar-refractivity contribution in [1.29, 1.82) is 0 Å². The molecule has 1 fully saturated rings. The van der Waals surface area contributed by atoms with Gasteiger partial charge in [-0.15, -0.1) is 0 Å². The molecule has 0 radical (unpaired) electrons. The Balaban J connectivity index is 1.45. The molecule has 3 aromatic rings. The van der Waals surface area contributed by atoms with Crippen molar-refractivity contribution < 1.29 is 4.79 Å². The number of thiazole rings is 1. The highest BCUT2D eigenvalue weighted by molar-refractivity contribution is 7.73. The van der Waals surface area contributed by atoms with E-state index in [1.807, 2.05) is 22.5 Å². The number of benzene rings is 1. The fourth-order valence-electron chi connectivity index (χ4n) is 4.16. The summed E-state index contributed by atoms with van der Waals surface area (Å²) in [6.07, 6.45) is 3.04. The summed E-state index contributed by atoms with van der Waals surface area (Å²) in [7, 11) is 0. The average molecular weight is 443 g/mol. The highest BCUT2D eigenvalue weighted by Crippen LogP contribution is 2.22. The van der Waals surface area contributed by atoms with Crippen molar-refractivity contribution >= 4 is 39.8 Å². The van der Waals surface area contributed by atoms with Gasteiger partial charge in [0.25, 0.3) is 5.56 Å². The van der Waals surface area contributed by atoms with Crippen LogP contribution in [0.5, 0.6) is 0 Å². The van der Waals surface area contributed by atoms with Crippen LogP contribution in [0.15, 0.2) is 35.1 Å². The van der Waals surface area contributed by atoms with Crippen LogP contribution < -0.4 is 5.56 Å². The molecule has 1 amide bonds. The standard InChI is InChI=1S/C22H26N4O2S2/c1-3-25-20-19(30-22(25)29)21(28)26(15(2)23-20)14-18(27)24-11-9-17(10-12-24)13-16-7-5-4-6-8-16/h4-8,17H,3,9-14H2,1-2H3. The van der Waals surface area contributed by atoms with E-state index in [0.717, 1.165) is 32.4 Å². The van der Waals surface area contributed by atoms with Crippen LogP contribution in [0.1, 0.15) is 31.2 Å². The van der Waals surface area contributed by atoms with Crippen LogP contribution in [0, 0.1) is 16.8 Å². The van der Waals surface area contributed by atoms with E-state index in [0.29, 0.717) is 32.6 Å². The molecule has 1 aliphatic heterocycles. The smallest absolute Gasteiger partial charge is 0.273 e. The Hall–Kier alpha value is -2.32. The number of likely N-dealkylation sites (tertiary alicyclic amines) is 1. The molecule has 30 heavy (non-hydrogen) atoms. The van der Waals surface area contributed by atoms with Gasteiger partial charge in [0.2, 0.25) is 5.91 Å². The summed E-state index contributed by atoms with van der Waals surface area (Å²) >= 11 is 6.64. The van der Waals surface area contributed by atoms with E-state index in [1.54, 1.807) is 6.92 Å². The number of fused-ring (bicyclic) bond motifs is 1.